The number of likely N-dealkylation sites (tertiary alicyclic amines) is 1. The van der Waals surface area contributed by atoms with Gasteiger partial charge < -0.3 is 10.6 Å². The molecular formula is C22H31FN4O. The second-order valence-electron chi connectivity index (χ2n) is 8.87. The average Bonchev–Trinajstić information content (AvgIpc) is 2.59. The van der Waals surface area contributed by atoms with Gasteiger partial charge in [0.05, 0.1) is 12.1 Å². The molecule has 0 saturated carbocycles. The Kier molecular flexibility index (Phi) is 6.18. The molecule has 1 aliphatic rings. The molecule has 152 valence electrons. The molecule has 0 spiro atoms. The lowest BCUT2D eigenvalue weighted by Crippen LogP contribution is -2.47. The lowest BCUT2D eigenvalue weighted by molar-refractivity contribution is -0.124. The van der Waals surface area contributed by atoms with Crippen LogP contribution in [0.15, 0.2) is 24.3 Å². The van der Waals surface area contributed by atoms with E-state index in [1.54, 1.807) is 12.1 Å². The van der Waals surface area contributed by atoms with Gasteiger partial charge in [-0.15, -0.1) is 0 Å². The smallest absolute Gasteiger partial charge is 0.234 e. The first-order valence-electron chi connectivity index (χ1n) is 10.0. The van der Waals surface area contributed by atoms with Gasteiger partial charge in [0, 0.05) is 28.9 Å². The van der Waals surface area contributed by atoms with E-state index in [-0.39, 0.29) is 17.3 Å². The number of fused-ring (bicyclic) bond motifs is 1. The van der Waals surface area contributed by atoms with Crippen LogP contribution in [0, 0.1) is 18.7 Å². The summed E-state index contributed by atoms with van der Waals surface area (Å²) in [7, 11) is 0. The molecule has 2 N–H and O–H groups in total. The zero-order valence-electron chi connectivity index (χ0n) is 17.3. The van der Waals surface area contributed by atoms with Crippen LogP contribution < -0.4 is 10.6 Å². The summed E-state index contributed by atoms with van der Waals surface area (Å²) in [6, 6.07) is 6.70. The molecule has 3 rings (SSSR count). The Labute approximate surface area is 166 Å². The summed E-state index contributed by atoms with van der Waals surface area (Å²) in [5.41, 5.74) is 2.48. The first-order valence-corrected chi connectivity index (χ1v) is 10.0. The molecule has 0 radical (unpaired) electrons. The molecule has 28 heavy (non-hydrogen) atoms. The van der Waals surface area contributed by atoms with Crippen molar-refractivity contribution in [2.24, 2.45) is 5.92 Å². The number of nitrogens with one attached hydrogen (secondary N) is 2. The van der Waals surface area contributed by atoms with Crippen LogP contribution >= 0.6 is 0 Å². The van der Waals surface area contributed by atoms with Crippen LogP contribution in [0.25, 0.3) is 10.9 Å². The number of pyridine rings is 1. The molecule has 0 unspecified atom stereocenters. The molecule has 6 heteroatoms. The van der Waals surface area contributed by atoms with Crippen LogP contribution in [0.3, 0.4) is 0 Å². The van der Waals surface area contributed by atoms with Gasteiger partial charge >= 0.3 is 0 Å². The van der Waals surface area contributed by atoms with Crippen molar-refractivity contribution >= 4 is 22.5 Å². The van der Waals surface area contributed by atoms with Gasteiger partial charge in [0.2, 0.25) is 5.91 Å². The van der Waals surface area contributed by atoms with E-state index >= 15 is 0 Å². The van der Waals surface area contributed by atoms with Gasteiger partial charge in [0.25, 0.3) is 0 Å². The fraction of sp³-hybridized carbons (Fsp3) is 0.545. The normalized spacial score (nSPS) is 16.3. The van der Waals surface area contributed by atoms with Crippen molar-refractivity contribution in [3.63, 3.8) is 0 Å². The molecule has 0 atom stereocenters. The number of hydrogen-bond acceptors (Lipinski definition) is 4. The molecule has 1 aromatic carbocycles. The number of rotatable bonds is 5. The van der Waals surface area contributed by atoms with E-state index in [0.717, 1.165) is 54.8 Å². The Balaban J connectivity index is 1.53. The summed E-state index contributed by atoms with van der Waals surface area (Å²) in [6.07, 6.45) is 2.10. The summed E-state index contributed by atoms with van der Waals surface area (Å²) >= 11 is 0. The molecule has 0 aliphatic carbocycles. The Morgan fingerprint density at radius 3 is 2.64 bits per heavy atom. The topological polar surface area (TPSA) is 57.3 Å². The summed E-state index contributed by atoms with van der Waals surface area (Å²) < 4.78 is 13.7. The van der Waals surface area contributed by atoms with Gasteiger partial charge in [-0.2, -0.15) is 0 Å². The summed E-state index contributed by atoms with van der Waals surface area (Å²) in [6.45, 7) is 11.1. The molecule has 2 aromatic rings. The molecule has 1 aliphatic heterocycles. The van der Waals surface area contributed by atoms with Crippen LogP contribution in [0.1, 0.15) is 39.3 Å². The number of nitrogens with zero attached hydrogens (tertiary/aromatic N) is 2. The van der Waals surface area contributed by atoms with Crippen LogP contribution in [-0.2, 0) is 4.79 Å². The van der Waals surface area contributed by atoms with E-state index in [1.165, 1.54) is 6.07 Å². The molecule has 1 amide bonds. The van der Waals surface area contributed by atoms with Crippen LogP contribution in [-0.4, -0.2) is 47.5 Å². The minimum atomic E-state index is -0.247. The second kappa shape index (κ2) is 8.43. The monoisotopic (exact) mass is 386 g/mol. The third-order valence-electron chi connectivity index (χ3n) is 5.07. The van der Waals surface area contributed by atoms with Gasteiger partial charge in [0.1, 0.15) is 5.82 Å². The minimum Gasteiger partial charge on any atom is -0.384 e. The highest BCUT2D eigenvalue weighted by atomic mass is 19.1. The average molecular weight is 387 g/mol. The number of carbonyl (C=O) groups excluding carboxylic acids is 1. The summed E-state index contributed by atoms with van der Waals surface area (Å²) in [5.74, 6) is 0.381. The molecule has 5 nitrogen and oxygen atoms in total. The molecule has 2 heterocycles. The number of piperidine rings is 1. The van der Waals surface area contributed by atoms with Crippen molar-refractivity contribution in [2.45, 2.75) is 46.1 Å². The molecule has 0 bridgehead atoms. The van der Waals surface area contributed by atoms with Gasteiger partial charge in [-0.3, -0.25) is 14.7 Å². The maximum atomic E-state index is 13.7. The number of aryl methyl sites for hydroxylation is 1. The van der Waals surface area contributed by atoms with Crippen molar-refractivity contribution < 1.29 is 9.18 Å². The van der Waals surface area contributed by atoms with Crippen LogP contribution in [0.5, 0.6) is 0 Å². The number of aromatic nitrogens is 1. The van der Waals surface area contributed by atoms with Crippen LogP contribution in [0.2, 0.25) is 0 Å². The number of hydrogen-bond donors (Lipinski definition) is 2. The fourth-order valence-electron chi connectivity index (χ4n) is 3.74. The van der Waals surface area contributed by atoms with Crippen molar-refractivity contribution in [2.75, 3.05) is 31.5 Å². The third kappa shape index (κ3) is 5.64. The Morgan fingerprint density at radius 1 is 1.25 bits per heavy atom. The number of amides is 1. The summed E-state index contributed by atoms with van der Waals surface area (Å²) in [4.78, 5) is 18.8. The Morgan fingerprint density at radius 2 is 1.96 bits per heavy atom. The second-order valence-corrected chi connectivity index (χ2v) is 8.87. The number of halogens is 1. The number of benzene rings is 1. The predicted octanol–water partition coefficient (Wildman–Crippen LogP) is 3.72. The van der Waals surface area contributed by atoms with E-state index in [4.69, 9.17) is 0 Å². The van der Waals surface area contributed by atoms with E-state index in [1.807, 2.05) is 33.8 Å². The van der Waals surface area contributed by atoms with E-state index in [9.17, 15) is 9.18 Å². The van der Waals surface area contributed by atoms with E-state index < -0.39 is 0 Å². The van der Waals surface area contributed by atoms with Crippen molar-refractivity contribution in [3.8, 4) is 0 Å². The van der Waals surface area contributed by atoms with Gasteiger partial charge in [-0.05, 0) is 83.8 Å². The largest absolute Gasteiger partial charge is 0.384 e. The van der Waals surface area contributed by atoms with Gasteiger partial charge in [-0.1, -0.05) is 0 Å². The standard InChI is InChI=1S/C22H31FN4O/c1-15-11-20(18-12-17(23)5-6-19(18)25-15)24-13-16-7-9-27(10-8-16)14-21(28)26-22(2,3)4/h5-6,11-12,16H,7-10,13-14H2,1-4H3,(H,24,25)(H,26,28). The van der Waals surface area contributed by atoms with Crippen molar-refractivity contribution in [3.05, 3.63) is 35.8 Å². The molecule has 1 aromatic heterocycles. The Hall–Kier alpha value is -2.21. The predicted molar refractivity (Wildman–Crippen MR) is 112 cm³/mol. The van der Waals surface area contributed by atoms with Crippen molar-refractivity contribution in [1.29, 1.82) is 0 Å². The maximum Gasteiger partial charge on any atom is 0.234 e. The zero-order chi connectivity index (χ0) is 20.3. The fourth-order valence-corrected chi connectivity index (χ4v) is 3.74. The highest BCUT2D eigenvalue weighted by Gasteiger charge is 2.22. The zero-order valence-corrected chi connectivity index (χ0v) is 17.3. The van der Waals surface area contributed by atoms with Crippen LogP contribution in [0.4, 0.5) is 10.1 Å². The first-order chi connectivity index (χ1) is 13.2. The number of carbonyl (C=O) groups is 1. The highest BCUT2D eigenvalue weighted by Crippen LogP contribution is 2.25. The van der Waals surface area contributed by atoms with Gasteiger partial charge in [0.15, 0.2) is 0 Å². The number of anilines is 1. The minimum absolute atomic E-state index is 0.0878. The SMILES string of the molecule is Cc1cc(NCC2CCN(CC(=O)NC(C)(C)C)CC2)c2cc(F)ccc2n1. The van der Waals surface area contributed by atoms with E-state index in [2.05, 4.69) is 20.5 Å². The quantitative estimate of drug-likeness (QED) is 0.822. The molecule has 1 saturated heterocycles. The lowest BCUT2D eigenvalue weighted by Gasteiger charge is -2.32. The molecular weight excluding hydrogens is 355 g/mol. The Bertz CT molecular complexity index is 838. The van der Waals surface area contributed by atoms with E-state index in [0.29, 0.717) is 12.5 Å². The van der Waals surface area contributed by atoms with Gasteiger partial charge in [-0.25, -0.2) is 4.39 Å². The summed E-state index contributed by atoms with van der Waals surface area (Å²) in [5, 5.41) is 7.35. The van der Waals surface area contributed by atoms with Crippen molar-refractivity contribution in [1.82, 2.24) is 15.2 Å². The first kappa shape index (κ1) is 20.5. The maximum absolute atomic E-state index is 13.7. The lowest BCUT2D eigenvalue weighted by atomic mass is 9.96. The third-order valence-corrected chi connectivity index (χ3v) is 5.07. The molecule has 1 fully saturated rings. The highest BCUT2D eigenvalue weighted by molar-refractivity contribution is 5.91.